The second-order valence-corrected chi connectivity index (χ2v) is 21.6. The van der Waals surface area contributed by atoms with Gasteiger partial charge in [-0.1, -0.05) is 65.5 Å². The van der Waals surface area contributed by atoms with Crippen molar-refractivity contribution in [1.82, 2.24) is 46.0 Å². The Morgan fingerprint density at radius 3 is 2.04 bits per heavy atom. The zero-order valence-electron chi connectivity index (χ0n) is 43.7. The number of aliphatic hydroxyl groups is 1. The number of methoxy groups -OCH3 is 1. The van der Waals surface area contributed by atoms with Gasteiger partial charge in [-0.3, -0.25) is 24.5 Å². The number of hydrogen-bond acceptors (Lipinski definition) is 12. The highest BCUT2D eigenvalue weighted by molar-refractivity contribution is 5.87. The van der Waals surface area contributed by atoms with Gasteiger partial charge in [0.1, 0.15) is 35.6 Å². The fourth-order valence-electron chi connectivity index (χ4n) is 9.74. The number of carboxylic acid groups (broad SMARTS) is 1. The third-order valence-corrected chi connectivity index (χ3v) is 13.7. The number of hydrogen-bond donors (Lipinski definition) is 6. The molecule has 0 spiro atoms. The molecule has 402 valence electrons. The molecule has 0 radical (unpaired) electrons. The van der Waals surface area contributed by atoms with Gasteiger partial charge in [0.15, 0.2) is 0 Å². The molecule has 7 atom stereocenters. The molecule has 19 nitrogen and oxygen atoms in total. The number of ether oxygens (including phenoxy) is 2. The molecule has 75 heavy (non-hydrogen) atoms. The maximum atomic E-state index is 16.0. The third kappa shape index (κ3) is 14.2. The molecule has 5 heterocycles. The molecule has 3 aliphatic heterocycles. The van der Waals surface area contributed by atoms with Crippen molar-refractivity contribution in [3.8, 4) is 23.1 Å². The third-order valence-electron chi connectivity index (χ3n) is 13.7. The number of nitrogens with zero attached hydrogens (tertiary/aromatic N) is 6. The van der Waals surface area contributed by atoms with Gasteiger partial charge in [-0.25, -0.2) is 28.4 Å². The first kappa shape index (κ1) is 55.6. The van der Waals surface area contributed by atoms with Crippen LogP contribution in [0.2, 0.25) is 0 Å². The molecule has 6 unspecified atom stereocenters. The van der Waals surface area contributed by atoms with Crippen LogP contribution in [-0.2, 0) is 43.9 Å². The van der Waals surface area contributed by atoms with Crippen LogP contribution in [0.25, 0.3) is 11.3 Å². The molecule has 6 N–H and O–H groups in total. The summed E-state index contributed by atoms with van der Waals surface area (Å²) in [5, 5.41) is 34.7. The van der Waals surface area contributed by atoms with E-state index in [0.29, 0.717) is 42.1 Å². The number of halogens is 2. The smallest absolute Gasteiger partial charge is 0.407 e. The summed E-state index contributed by atoms with van der Waals surface area (Å²) in [5.74, 6) is 3.70. The van der Waals surface area contributed by atoms with E-state index in [0.717, 1.165) is 55.8 Å². The number of pyridine rings is 1. The second kappa shape index (κ2) is 23.6. The summed E-state index contributed by atoms with van der Waals surface area (Å²) in [6.45, 7) is 10.9. The maximum absolute atomic E-state index is 16.0. The lowest BCUT2D eigenvalue weighted by Gasteiger charge is -2.42. The van der Waals surface area contributed by atoms with Gasteiger partial charge in [0, 0.05) is 86.6 Å². The number of carbonyl (C=O) groups excluding carboxylic acids is 4. The highest BCUT2D eigenvalue weighted by atomic mass is 19.1. The second-order valence-electron chi connectivity index (χ2n) is 21.6. The molecule has 7 rings (SSSR count). The number of hydrazine groups is 1. The molecule has 2 bridgehead atoms. The van der Waals surface area contributed by atoms with Crippen LogP contribution in [0.5, 0.6) is 0 Å². The van der Waals surface area contributed by atoms with Gasteiger partial charge in [-0.2, -0.15) is 5.10 Å². The van der Waals surface area contributed by atoms with Crippen molar-refractivity contribution in [3.63, 3.8) is 0 Å². The summed E-state index contributed by atoms with van der Waals surface area (Å²) in [7, 11) is 2.81. The van der Waals surface area contributed by atoms with Crippen LogP contribution in [0, 0.1) is 34.3 Å². The fourth-order valence-corrected chi connectivity index (χ4v) is 9.74. The molecule has 3 aliphatic rings. The Kier molecular flexibility index (Phi) is 17.5. The van der Waals surface area contributed by atoms with Crippen molar-refractivity contribution < 1.29 is 52.4 Å². The van der Waals surface area contributed by atoms with E-state index in [1.807, 2.05) is 17.0 Å². The van der Waals surface area contributed by atoms with E-state index in [1.165, 1.54) is 4.68 Å². The van der Waals surface area contributed by atoms with Gasteiger partial charge in [0.2, 0.25) is 5.91 Å². The van der Waals surface area contributed by atoms with Gasteiger partial charge in [-0.15, -0.1) is 0 Å². The van der Waals surface area contributed by atoms with E-state index >= 15 is 8.78 Å². The summed E-state index contributed by atoms with van der Waals surface area (Å²) in [6.07, 6.45) is 2.62. The number of nitrogens with one attached hydrogen (secondary N) is 4. The van der Waals surface area contributed by atoms with Crippen molar-refractivity contribution in [3.05, 3.63) is 101 Å². The predicted molar refractivity (Wildman–Crippen MR) is 273 cm³/mol. The quantitative estimate of drug-likeness (QED) is 0.0649. The summed E-state index contributed by atoms with van der Waals surface area (Å²) in [5.41, 5.74) is 2.68. The number of rotatable bonds is 16. The molecule has 0 aliphatic carbocycles. The number of aliphatic hydroxyl groups excluding tert-OH is 1. The average Bonchev–Trinajstić information content (AvgIpc) is 4.12. The van der Waals surface area contributed by atoms with E-state index in [4.69, 9.17) is 14.5 Å². The number of fused-ring (bicyclic) bond motifs is 2. The van der Waals surface area contributed by atoms with Crippen LogP contribution in [0.4, 0.5) is 24.2 Å². The van der Waals surface area contributed by atoms with Gasteiger partial charge >= 0.3 is 12.2 Å². The lowest BCUT2D eigenvalue weighted by atomic mass is 9.85. The zero-order valence-corrected chi connectivity index (χ0v) is 43.7. The normalized spacial score (nSPS) is 19.1. The van der Waals surface area contributed by atoms with E-state index in [9.17, 15) is 34.2 Å². The number of amides is 5. The molecule has 2 aromatic carbocycles. The lowest BCUT2D eigenvalue weighted by molar-refractivity contribution is -0.144. The van der Waals surface area contributed by atoms with Crippen LogP contribution in [0.3, 0.4) is 0 Å². The van der Waals surface area contributed by atoms with Crippen molar-refractivity contribution in [2.24, 2.45) is 17.9 Å². The van der Waals surface area contributed by atoms with Crippen LogP contribution in [0.1, 0.15) is 89.5 Å². The van der Waals surface area contributed by atoms with Crippen molar-refractivity contribution in [2.45, 2.75) is 123 Å². The average molecular weight is 1040 g/mol. The summed E-state index contributed by atoms with van der Waals surface area (Å²) in [4.78, 5) is 74.6. The van der Waals surface area contributed by atoms with Gasteiger partial charge in [0.05, 0.1) is 24.9 Å². The lowest BCUT2D eigenvalue weighted by Crippen LogP contribution is -2.60. The predicted octanol–water partition coefficient (Wildman–Crippen LogP) is 4.89. The molecule has 4 aromatic rings. The number of aryl methyl sites for hydroxylation is 1. The first-order chi connectivity index (χ1) is 35.5. The van der Waals surface area contributed by atoms with Crippen molar-refractivity contribution >= 4 is 35.7 Å². The Labute approximate surface area is 435 Å². The topological polar surface area (TPSA) is 233 Å². The van der Waals surface area contributed by atoms with Gasteiger partial charge in [0.25, 0.3) is 11.8 Å². The van der Waals surface area contributed by atoms with Crippen LogP contribution < -0.4 is 26.3 Å². The SMILES string of the molecule is COC(=O)NC(C(=O)NC(Cc1ccc(C#Cc2ccc(N3CC4CCC(C3)N4C(=O)[C@@H]3CCCO3)nc2)cc1)C(O)CN(Cc1c(F)cc(-c2ccn(C)n2)cc1F)NC(=O)C(NC(=O)O)C(C)(C)C)C(C)(C)C. The number of anilines is 1. The Morgan fingerprint density at radius 2 is 1.49 bits per heavy atom. The molecule has 21 heteroatoms. The molecule has 3 saturated heterocycles. The van der Waals surface area contributed by atoms with E-state index in [-0.39, 0.29) is 36.1 Å². The van der Waals surface area contributed by atoms with Gasteiger partial charge in [-0.05, 0) is 91.0 Å². The largest absolute Gasteiger partial charge is 0.465 e. The number of aromatic nitrogens is 3. The Hall–Kier alpha value is -7.15. The molecule has 0 saturated carbocycles. The minimum Gasteiger partial charge on any atom is -0.465 e. The van der Waals surface area contributed by atoms with Crippen LogP contribution in [0.15, 0.2) is 67.0 Å². The molecule has 5 amide bonds. The highest BCUT2D eigenvalue weighted by Gasteiger charge is 2.45. The molecular formula is C54H68F2N10O9. The number of alkyl carbamates (subject to hydrolysis) is 1. The minimum atomic E-state index is -1.59. The first-order valence-electron chi connectivity index (χ1n) is 25.1. The van der Waals surface area contributed by atoms with E-state index in [2.05, 4.69) is 43.2 Å². The van der Waals surface area contributed by atoms with Crippen molar-refractivity contribution in [2.75, 3.05) is 38.3 Å². The summed E-state index contributed by atoms with van der Waals surface area (Å²) < 4.78 is 43.9. The number of benzene rings is 2. The highest BCUT2D eigenvalue weighted by Crippen LogP contribution is 2.34. The van der Waals surface area contributed by atoms with Gasteiger partial charge < -0.3 is 45.4 Å². The monoisotopic (exact) mass is 1040 g/mol. The fraction of sp³-hybridized carbons (Fsp3) is 0.500. The minimum absolute atomic E-state index is 0.0198. The molecule has 2 aromatic heterocycles. The van der Waals surface area contributed by atoms with Crippen LogP contribution >= 0.6 is 0 Å². The Morgan fingerprint density at radius 1 is 0.867 bits per heavy atom. The van der Waals surface area contributed by atoms with Crippen LogP contribution in [-0.4, -0.2) is 141 Å². The summed E-state index contributed by atoms with van der Waals surface area (Å²) >= 11 is 0. The van der Waals surface area contributed by atoms with E-state index in [1.54, 1.807) is 91.3 Å². The Bertz CT molecular complexity index is 2730. The summed E-state index contributed by atoms with van der Waals surface area (Å²) in [6, 6.07) is 11.2. The number of piperazine rings is 1. The van der Waals surface area contributed by atoms with Crippen molar-refractivity contribution in [1.29, 1.82) is 0 Å². The molecular weight excluding hydrogens is 971 g/mol. The zero-order chi connectivity index (χ0) is 54.4. The molecule has 3 fully saturated rings. The maximum Gasteiger partial charge on any atom is 0.407 e. The first-order valence-corrected chi connectivity index (χ1v) is 25.1. The standard InChI is InChI=1S/C54H68F2N10O9/c1-53(2,3)46(60-52(73)74-8)48(68)58-42(43(67)31-65(62-49(69)47(54(4,5)6)59-51(71)72)30-38-39(55)25-35(26-40(38)56)41-21-22-63(7)61-41)24-33-14-11-32(12-15-33)13-16-34-17-20-45(57-27-34)64-28-36-18-19-37(29-64)66(36)50(70)44-10-9-23-75-44/h11-12,14-15,17,20-22,25-27,36-37,42-44,46-47,59,67H,9-10,18-19,23-24,28-31H2,1-8H3,(H,58,68)(H,60,73)(H,62,69)(H,71,72)/t36?,37?,42?,43?,44-,46?,47?/m0/s1. The Balaban J connectivity index is 1.10. The van der Waals surface area contributed by atoms with E-state index < -0.39 is 89.3 Å². The number of carbonyl (C=O) groups is 5.